The summed E-state index contributed by atoms with van der Waals surface area (Å²) in [5, 5.41) is 4.23. The Labute approximate surface area is 83.8 Å². The van der Waals surface area contributed by atoms with Crippen molar-refractivity contribution in [3.63, 3.8) is 0 Å². The molecule has 0 aromatic carbocycles. The quantitative estimate of drug-likeness (QED) is 0.717. The number of rotatable bonds is 2. The summed E-state index contributed by atoms with van der Waals surface area (Å²) < 4.78 is 13.1. The molecule has 1 atom stereocenters. The summed E-state index contributed by atoms with van der Waals surface area (Å²) in [6, 6.07) is 0. The number of hydrogen-bond donors (Lipinski definition) is 0. The fourth-order valence-electron chi connectivity index (χ4n) is 1.67. The van der Waals surface area contributed by atoms with E-state index in [-0.39, 0.29) is 12.2 Å². The van der Waals surface area contributed by atoms with Gasteiger partial charge >= 0.3 is 0 Å². The van der Waals surface area contributed by atoms with Crippen LogP contribution >= 0.6 is 0 Å². The second-order valence-corrected chi connectivity index (χ2v) is 3.93. The van der Waals surface area contributed by atoms with E-state index in [1.165, 1.54) is 0 Å². The van der Waals surface area contributed by atoms with Crippen molar-refractivity contribution >= 4 is 0 Å². The van der Waals surface area contributed by atoms with Crippen molar-refractivity contribution in [1.82, 2.24) is 9.78 Å². The Morgan fingerprint density at radius 2 is 2.43 bits per heavy atom. The topological polar surface area (TPSA) is 36.3 Å². The summed E-state index contributed by atoms with van der Waals surface area (Å²) in [4.78, 5) is 0. The molecule has 0 saturated heterocycles. The van der Waals surface area contributed by atoms with Gasteiger partial charge < -0.3 is 9.47 Å². The lowest BCUT2D eigenvalue weighted by Gasteiger charge is -2.26. The van der Waals surface area contributed by atoms with E-state index < -0.39 is 0 Å². The van der Waals surface area contributed by atoms with E-state index in [0.29, 0.717) is 6.61 Å². The molecule has 78 valence electrons. The smallest absolute Gasteiger partial charge is 0.214 e. The second-order valence-electron chi connectivity index (χ2n) is 3.93. The molecule has 4 nitrogen and oxygen atoms in total. The Morgan fingerprint density at radius 3 is 3.14 bits per heavy atom. The average Bonchev–Trinajstić information content (AvgIpc) is 2.46. The van der Waals surface area contributed by atoms with Crippen LogP contribution in [0.25, 0.3) is 0 Å². The normalized spacial score (nSPS) is 20.7. The number of nitrogens with zero attached hydrogens (tertiary/aromatic N) is 2. The molecule has 0 N–H and O–H groups in total. The maximum Gasteiger partial charge on any atom is 0.214 e. The lowest BCUT2D eigenvalue weighted by Crippen LogP contribution is -2.34. The minimum atomic E-state index is 0.127. The highest BCUT2D eigenvalue weighted by molar-refractivity contribution is 5.23. The molecule has 1 aromatic rings. The van der Waals surface area contributed by atoms with Gasteiger partial charge in [-0.2, -0.15) is 5.10 Å². The molecule has 0 saturated carbocycles. The molecule has 2 rings (SSSR count). The second kappa shape index (κ2) is 3.61. The molecule has 0 aliphatic carbocycles. The van der Waals surface area contributed by atoms with Crippen molar-refractivity contribution in [2.75, 3.05) is 6.61 Å². The number of fused-ring (bicyclic) bond motifs is 1. The third-order valence-electron chi connectivity index (χ3n) is 2.21. The molecular formula is C10H16N2O2. The van der Waals surface area contributed by atoms with E-state index in [9.17, 15) is 0 Å². The van der Waals surface area contributed by atoms with Gasteiger partial charge in [0.2, 0.25) is 5.88 Å². The molecule has 0 amide bonds. The molecule has 1 aliphatic rings. The van der Waals surface area contributed by atoms with Crippen molar-refractivity contribution in [3.8, 4) is 5.88 Å². The lowest BCUT2D eigenvalue weighted by molar-refractivity contribution is -0.0438. The summed E-state index contributed by atoms with van der Waals surface area (Å²) in [5.41, 5.74) is 1.09. The maximum absolute atomic E-state index is 5.67. The molecule has 1 aliphatic heterocycles. The minimum Gasteiger partial charge on any atom is -0.475 e. The Morgan fingerprint density at radius 1 is 1.64 bits per heavy atom. The zero-order valence-electron chi connectivity index (χ0n) is 8.86. The Hall–Kier alpha value is -1.03. The standard InChI is InChI=1S/C10H16N2O2/c1-7(2)14-9-5-12-10(13-6-9)8(3)4-11-12/h4,7,9H,5-6H2,1-3H3. The molecule has 4 heteroatoms. The zero-order chi connectivity index (χ0) is 10.1. The number of hydrogen-bond acceptors (Lipinski definition) is 3. The van der Waals surface area contributed by atoms with Crippen molar-refractivity contribution in [1.29, 1.82) is 0 Å². The van der Waals surface area contributed by atoms with Gasteiger partial charge in [0.15, 0.2) is 0 Å². The van der Waals surface area contributed by atoms with Crippen LogP contribution in [0.4, 0.5) is 0 Å². The van der Waals surface area contributed by atoms with Crippen LogP contribution in [0.2, 0.25) is 0 Å². The SMILES string of the molecule is Cc1cnn2c1OCC(OC(C)C)C2. The van der Waals surface area contributed by atoms with Crippen LogP contribution in [0.15, 0.2) is 6.20 Å². The number of ether oxygens (including phenoxy) is 2. The van der Waals surface area contributed by atoms with Crippen LogP contribution in [0.3, 0.4) is 0 Å². The molecular weight excluding hydrogens is 180 g/mol. The molecule has 1 aromatic heterocycles. The maximum atomic E-state index is 5.67. The van der Waals surface area contributed by atoms with Crippen molar-refractivity contribution in [2.24, 2.45) is 0 Å². The summed E-state index contributed by atoms with van der Waals surface area (Å²) in [6.45, 7) is 7.49. The summed E-state index contributed by atoms with van der Waals surface area (Å²) in [7, 11) is 0. The Balaban J connectivity index is 2.06. The van der Waals surface area contributed by atoms with Gasteiger partial charge in [-0.25, -0.2) is 4.68 Å². The van der Waals surface area contributed by atoms with Gasteiger partial charge in [0.25, 0.3) is 0 Å². The third-order valence-corrected chi connectivity index (χ3v) is 2.21. The summed E-state index contributed by atoms with van der Waals surface area (Å²) in [6.07, 6.45) is 2.19. The van der Waals surface area contributed by atoms with Crippen LogP contribution in [-0.4, -0.2) is 28.6 Å². The Kier molecular flexibility index (Phi) is 2.46. The first-order chi connectivity index (χ1) is 6.66. The van der Waals surface area contributed by atoms with E-state index in [0.717, 1.165) is 18.0 Å². The predicted octanol–water partition coefficient (Wildman–Crippen LogP) is 1.38. The van der Waals surface area contributed by atoms with Crippen LogP contribution in [0, 0.1) is 6.92 Å². The van der Waals surface area contributed by atoms with Crippen LogP contribution in [0.1, 0.15) is 19.4 Å². The van der Waals surface area contributed by atoms with Crippen LogP contribution in [0.5, 0.6) is 5.88 Å². The van der Waals surface area contributed by atoms with Gasteiger partial charge in [-0.15, -0.1) is 0 Å². The highest BCUT2D eigenvalue weighted by Gasteiger charge is 2.22. The monoisotopic (exact) mass is 196 g/mol. The first-order valence-corrected chi connectivity index (χ1v) is 4.97. The largest absolute Gasteiger partial charge is 0.475 e. The fraction of sp³-hybridized carbons (Fsp3) is 0.700. The van der Waals surface area contributed by atoms with E-state index >= 15 is 0 Å². The number of aryl methyl sites for hydroxylation is 1. The zero-order valence-corrected chi connectivity index (χ0v) is 8.86. The van der Waals surface area contributed by atoms with Gasteiger partial charge in [0.05, 0.1) is 18.8 Å². The summed E-state index contributed by atoms with van der Waals surface area (Å²) in [5.74, 6) is 0.883. The fourth-order valence-corrected chi connectivity index (χ4v) is 1.67. The molecule has 14 heavy (non-hydrogen) atoms. The first kappa shape index (κ1) is 9.52. The van der Waals surface area contributed by atoms with E-state index in [2.05, 4.69) is 5.10 Å². The van der Waals surface area contributed by atoms with E-state index in [4.69, 9.17) is 9.47 Å². The Bertz CT molecular complexity index is 320. The van der Waals surface area contributed by atoms with Crippen LogP contribution < -0.4 is 4.74 Å². The molecule has 0 radical (unpaired) electrons. The van der Waals surface area contributed by atoms with Crippen molar-refractivity contribution in [2.45, 2.75) is 39.5 Å². The molecule has 0 bridgehead atoms. The molecule has 2 heterocycles. The molecule has 0 fully saturated rings. The van der Waals surface area contributed by atoms with Gasteiger partial charge in [0.1, 0.15) is 12.7 Å². The molecule has 0 spiro atoms. The van der Waals surface area contributed by atoms with E-state index in [1.54, 1.807) is 0 Å². The van der Waals surface area contributed by atoms with Crippen LogP contribution in [-0.2, 0) is 11.3 Å². The number of aromatic nitrogens is 2. The third kappa shape index (κ3) is 1.75. The van der Waals surface area contributed by atoms with Gasteiger partial charge in [-0.05, 0) is 20.8 Å². The van der Waals surface area contributed by atoms with E-state index in [1.807, 2.05) is 31.6 Å². The van der Waals surface area contributed by atoms with Gasteiger partial charge in [0, 0.05) is 5.56 Å². The van der Waals surface area contributed by atoms with Gasteiger partial charge in [-0.3, -0.25) is 0 Å². The average molecular weight is 196 g/mol. The predicted molar refractivity (Wildman–Crippen MR) is 52.5 cm³/mol. The summed E-state index contributed by atoms with van der Waals surface area (Å²) >= 11 is 0. The highest BCUT2D eigenvalue weighted by atomic mass is 16.5. The van der Waals surface area contributed by atoms with Crippen molar-refractivity contribution in [3.05, 3.63) is 11.8 Å². The lowest BCUT2D eigenvalue weighted by atomic mass is 10.3. The highest BCUT2D eigenvalue weighted by Crippen LogP contribution is 2.22. The van der Waals surface area contributed by atoms with Gasteiger partial charge in [-0.1, -0.05) is 0 Å². The minimum absolute atomic E-state index is 0.127. The first-order valence-electron chi connectivity index (χ1n) is 4.97. The van der Waals surface area contributed by atoms with Crippen molar-refractivity contribution < 1.29 is 9.47 Å². The molecule has 1 unspecified atom stereocenters.